The smallest absolute Gasteiger partial charge is 0.141 e. The van der Waals surface area contributed by atoms with Gasteiger partial charge in [-0.1, -0.05) is 192 Å². The molecule has 0 bridgehead atoms. The molecule has 0 aliphatic rings. The number of para-hydroxylation sites is 3. The first kappa shape index (κ1) is 43.2. The Hall–Kier alpha value is -6.72. The molecular weight excluding hydrogens is 803 g/mol. The van der Waals surface area contributed by atoms with Crippen LogP contribution in [0.25, 0.3) is 55.2 Å². The fourth-order valence-corrected chi connectivity index (χ4v) is 10.1. The van der Waals surface area contributed by atoms with Crippen LogP contribution in [0.2, 0.25) is 0 Å². The van der Waals surface area contributed by atoms with Gasteiger partial charge in [0.15, 0.2) is 0 Å². The highest BCUT2D eigenvalue weighted by molar-refractivity contribution is 6.09. The van der Waals surface area contributed by atoms with Crippen LogP contribution in [-0.4, -0.2) is 24.3 Å². The first-order chi connectivity index (χ1) is 31.2. The monoisotopic (exact) mass is 866 g/mol. The molecule has 66 heavy (non-hydrogen) atoms. The Bertz CT molecular complexity index is 3280. The average molecular weight is 866 g/mol. The van der Waals surface area contributed by atoms with Gasteiger partial charge in [-0.15, -0.1) is 0 Å². The number of H-pyrrole nitrogens is 1. The molecule has 5 nitrogen and oxygen atoms in total. The molecule has 0 saturated carbocycles. The number of fused-ring (bicyclic) bond motifs is 6. The third kappa shape index (κ3) is 7.06. The molecule has 6 aromatic carbocycles. The second-order valence-corrected chi connectivity index (χ2v) is 22.6. The van der Waals surface area contributed by atoms with Crippen molar-refractivity contribution in [3.05, 3.63) is 202 Å². The first-order valence-electron chi connectivity index (χ1n) is 23.6. The van der Waals surface area contributed by atoms with Crippen LogP contribution >= 0.6 is 0 Å². The van der Waals surface area contributed by atoms with Gasteiger partial charge < -0.3 is 0 Å². The van der Waals surface area contributed by atoms with Crippen molar-refractivity contribution >= 4 is 43.7 Å². The summed E-state index contributed by atoms with van der Waals surface area (Å²) in [6.07, 6.45) is 1.95. The maximum Gasteiger partial charge on any atom is 0.141 e. The molecule has 332 valence electrons. The molecule has 10 aromatic rings. The lowest BCUT2D eigenvalue weighted by atomic mass is 9.63. The van der Waals surface area contributed by atoms with Crippen LogP contribution in [0, 0.1) is 0 Å². The quantitative estimate of drug-likeness (QED) is 0.169. The maximum absolute atomic E-state index is 6.01. The lowest BCUT2D eigenvalue weighted by Gasteiger charge is -2.40. The van der Waals surface area contributed by atoms with Crippen molar-refractivity contribution in [2.45, 2.75) is 110 Å². The third-order valence-corrected chi connectivity index (χ3v) is 13.9. The van der Waals surface area contributed by atoms with E-state index in [0.717, 1.165) is 50.3 Å². The summed E-state index contributed by atoms with van der Waals surface area (Å²) in [5.74, 6) is 0.882. The van der Waals surface area contributed by atoms with Gasteiger partial charge in [-0.3, -0.25) is 14.2 Å². The standard InChI is InChI=1S/C61H63N5/c1-57(2,3)40-31-41(58(4,5)6)34-44(33-40)61(45-35-42(59(7,8)9)32-43(36-45)60(10,11)12,39-21-19-22-46(37-39)65-51-26-16-15-25-49(51)50-38-62-64-56(50)65)54-29-20-30-55(63-54)66-52-27-17-13-23-47(52)48-24-14-18-28-53(48)66/h13-38H,1-12H3,(H,62,64). The van der Waals surface area contributed by atoms with Gasteiger partial charge >= 0.3 is 0 Å². The topological polar surface area (TPSA) is 51.4 Å². The molecule has 0 unspecified atom stereocenters. The molecule has 4 heterocycles. The second-order valence-electron chi connectivity index (χ2n) is 22.6. The van der Waals surface area contributed by atoms with E-state index in [0.29, 0.717) is 0 Å². The van der Waals surface area contributed by atoms with Crippen molar-refractivity contribution in [1.29, 1.82) is 0 Å². The van der Waals surface area contributed by atoms with Gasteiger partial charge in [0.05, 0.1) is 33.9 Å². The van der Waals surface area contributed by atoms with E-state index in [4.69, 9.17) is 4.98 Å². The van der Waals surface area contributed by atoms with E-state index in [1.807, 2.05) is 6.20 Å². The van der Waals surface area contributed by atoms with E-state index in [1.165, 1.54) is 49.5 Å². The molecule has 0 spiro atoms. The van der Waals surface area contributed by atoms with E-state index < -0.39 is 5.41 Å². The highest BCUT2D eigenvalue weighted by atomic mass is 15.2. The Kier molecular flexibility index (Phi) is 9.93. The van der Waals surface area contributed by atoms with Crippen LogP contribution in [0.15, 0.2) is 158 Å². The molecule has 5 heteroatoms. The van der Waals surface area contributed by atoms with Crippen LogP contribution in [0.5, 0.6) is 0 Å². The van der Waals surface area contributed by atoms with E-state index in [-0.39, 0.29) is 21.7 Å². The van der Waals surface area contributed by atoms with Gasteiger partial charge in [0.2, 0.25) is 0 Å². The van der Waals surface area contributed by atoms with Crippen LogP contribution < -0.4 is 0 Å². The zero-order chi connectivity index (χ0) is 46.6. The molecule has 0 aliphatic heterocycles. The summed E-state index contributed by atoms with van der Waals surface area (Å²) in [6, 6.07) is 56.9. The summed E-state index contributed by atoms with van der Waals surface area (Å²) in [5.41, 5.74) is 13.6. The van der Waals surface area contributed by atoms with Crippen LogP contribution in [0.3, 0.4) is 0 Å². The largest absolute Gasteiger partial charge is 0.294 e. The molecule has 0 atom stereocenters. The zero-order valence-electron chi connectivity index (χ0n) is 40.8. The molecule has 4 aromatic heterocycles. The number of hydrogen-bond acceptors (Lipinski definition) is 2. The Labute approximate surface area is 390 Å². The Morgan fingerprint density at radius 3 is 1.29 bits per heavy atom. The summed E-state index contributed by atoms with van der Waals surface area (Å²) < 4.78 is 4.70. The fourth-order valence-electron chi connectivity index (χ4n) is 10.1. The molecule has 0 radical (unpaired) electrons. The second kappa shape index (κ2) is 15.2. The highest BCUT2D eigenvalue weighted by Crippen LogP contribution is 2.50. The summed E-state index contributed by atoms with van der Waals surface area (Å²) in [7, 11) is 0. The Balaban J connectivity index is 1.41. The van der Waals surface area contributed by atoms with Crippen molar-refractivity contribution < 1.29 is 0 Å². The molecule has 0 fully saturated rings. The van der Waals surface area contributed by atoms with Gasteiger partial charge in [-0.05, 0) is 103 Å². The van der Waals surface area contributed by atoms with E-state index in [2.05, 4.69) is 254 Å². The number of rotatable bonds is 6. The van der Waals surface area contributed by atoms with Crippen LogP contribution in [0.1, 0.15) is 128 Å². The Morgan fingerprint density at radius 1 is 0.379 bits per heavy atom. The normalized spacial score (nSPS) is 13.2. The van der Waals surface area contributed by atoms with Crippen molar-refractivity contribution in [3.63, 3.8) is 0 Å². The van der Waals surface area contributed by atoms with Crippen molar-refractivity contribution in [2.24, 2.45) is 0 Å². The number of aromatic nitrogens is 5. The van der Waals surface area contributed by atoms with Gasteiger partial charge in [0, 0.05) is 27.2 Å². The van der Waals surface area contributed by atoms with Gasteiger partial charge in [-0.25, -0.2) is 4.98 Å². The molecule has 0 saturated heterocycles. The van der Waals surface area contributed by atoms with Crippen molar-refractivity contribution in [1.82, 2.24) is 24.3 Å². The molecule has 1 N–H and O–H groups in total. The number of nitrogens with zero attached hydrogens (tertiary/aromatic N) is 4. The van der Waals surface area contributed by atoms with Gasteiger partial charge in [-0.2, -0.15) is 5.10 Å². The summed E-state index contributed by atoms with van der Waals surface area (Å²) >= 11 is 0. The minimum Gasteiger partial charge on any atom is -0.294 e. The predicted molar refractivity (Wildman–Crippen MR) is 278 cm³/mol. The summed E-state index contributed by atoms with van der Waals surface area (Å²) in [5, 5.41) is 12.6. The molecule has 10 rings (SSSR count). The van der Waals surface area contributed by atoms with Gasteiger partial charge in [0.25, 0.3) is 0 Å². The number of pyridine rings is 1. The molecule has 0 aliphatic carbocycles. The lowest BCUT2D eigenvalue weighted by Crippen LogP contribution is -2.35. The number of hydrogen-bond donors (Lipinski definition) is 1. The van der Waals surface area contributed by atoms with Gasteiger partial charge in [0.1, 0.15) is 11.5 Å². The minimum absolute atomic E-state index is 0.137. The molecule has 0 amide bonds. The van der Waals surface area contributed by atoms with Crippen LogP contribution in [0.4, 0.5) is 0 Å². The Morgan fingerprint density at radius 2 is 0.803 bits per heavy atom. The van der Waals surface area contributed by atoms with E-state index in [1.54, 1.807) is 0 Å². The average Bonchev–Trinajstić information content (AvgIpc) is 3.97. The van der Waals surface area contributed by atoms with E-state index >= 15 is 0 Å². The predicted octanol–water partition coefficient (Wildman–Crippen LogP) is 15.6. The maximum atomic E-state index is 6.01. The van der Waals surface area contributed by atoms with Crippen molar-refractivity contribution in [3.8, 4) is 11.5 Å². The minimum atomic E-state index is -0.913. The lowest BCUT2D eigenvalue weighted by molar-refractivity contribution is 0.558. The van der Waals surface area contributed by atoms with E-state index in [9.17, 15) is 0 Å². The van der Waals surface area contributed by atoms with Crippen molar-refractivity contribution in [2.75, 3.05) is 0 Å². The number of nitrogens with one attached hydrogen (secondary N) is 1. The first-order valence-corrected chi connectivity index (χ1v) is 23.6. The highest BCUT2D eigenvalue weighted by Gasteiger charge is 2.43. The zero-order valence-corrected chi connectivity index (χ0v) is 40.8. The number of benzene rings is 6. The summed E-state index contributed by atoms with van der Waals surface area (Å²) in [4.78, 5) is 6.01. The number of aromatic amines is 1. The molecular formula is C61H63N5. The SMILES string of the molecule is CC(C)(C)c1cc(C(C)(C)C)cc(C(c2cccc(-n3c4ccccc4c4cn[nH]c43)c2)(c2cc(C(C)(C)C)cc(C(C)(C)C)c2)c2cccc(-n3c4ccccc4c4ccccc43)n2)c1. The van der Waals surface area contributed by atoms with Crippen LogP contribution in [-0.2, 0) is 27.1 Å². The fraction of sp³-hybridized carbons (Fsp3) is 0.279. The summed E-state index contributed by atoms with van der Waals surface area (Å²) in [6.45, 7) is 28.1. The third-order valence-electron chi connectivity index (χ3n) is 13.9.